The minimum atomic E-state index is 0.653. The van der Waals surface area contributed by atoms with Crippen molar-refractivity contribution in [2.45, 2.75) is 51.4 Å². The molecule has 94 valence electrons. The summed E-state index contributed by atoms with van der Waals surface area (Å²) in [5.41, 5.74) is 0. The van der Waals surface area contributed by atoms with Gasteiger partial charge in [-0.05, 0) is 32.2 Å². The Morgan fingerprint density at radius 3 is 2.06 bits per heavy atom. The van der Waals surface area contributed by atoms with E-state index >= 15 is 0 Å². The second-order valence-corrected chi connectivity index (χ2v) is 4.86. The van der Waals surface area contributed by atoms with Gasteiger partial charge in [-0.25, -0.2) is 0 Å². The van der Waals surface area contributed by atoms with Gasteiger partial charge in [0.2, 0.25) is 0 Å². The molecule has 0 aromatic carbocycles. The third-order valence-electron chi connectivity index (χ3n) is 2.80. The predicted octanol–water partition coefficient (Wildman–Crippen LogP) is 3.49. The number of nitrogens with zero attached hydrogens (tertiary/aromatic N) is 2. The Morgan fingerprint density at radius 1 is 0.938 bits per heavy atom. The van der Waals surface area contributed by atoms with Gasteiger partial charge in [-0.2, -0.15) is 17.9 Å². The summed E-state index contributed by atoms with van der Waals surface area (Å²) in [6.07, 6.45) is 9.96. The van der Waals surface area contributed by atoms with E-state index in [1.807, 2.05) is 0 Å². The predicted molar refractivity (Wildman–Crippen MR) is 73.9 cm³/mol. The van der Waals surface area contributed by atoms with Crippen molar-refractivity contribution < 1.29 is 0 Å². The molecule has 0 unspecified atom stereocenters. The van der Waals surface area contributed by atoms with Crippen LogP contribution in [-0.2, 0) is 0 Å². The van der Waals surface area contributed by atoms with Crippen molar-refractivity contribution >= 4 is 12.6 Å². The van der Waals surface area contributed by atoms with Crippen LogP contribution in [0.4, 0.5) is 0 Å². The number of hydrogen-bond donors (Lipinski definition) is 1. The smallest absolute Gasteiger partial charge is 0.0635 e. The van der Waals surface area contributed by atoms with E-state index in [-0.39, 0.29) is 0 Å². The molecule has 0 aromatic rings. The fourth-order valence-electron chi connectivity index (χ4n) is 1.73. The molecule has 0 aliphatic carbocycles. The molecule has 0 aliphatic heterocycles. The van der Waals surface area contributed by atoms with Gasteiger partial charge in [0.1, 0.15) is 0 Å². The van der Waals surface area contributed by atoms with Crippen molar-refractivity contribution in [2.24, 2.45) is 0 Å². The third kappa shape index (κ3) is 11.9. The van der Waals surface area contributed by atoms with Crippen LogP contribution in [0.25, 0.3) is 0 Å². The van der Waals surface area contributed by atoms with Crippen molar-refractivity contribution in [1.82, 2.24) is 4.90 Å². The average molecular weight is 242 g/mol. The van der Waals surface area contributed by atoms with Crippen LogP contribution in [0, 0.1) is 11.3 Å². The monoisotopic (exact) mass is 242 g/mol. The summed E-state index contributed by atoms with van der Waals surface area (Å²) in [6.45, 7) is 2.05. The van der Waals surface area contributed by atoms with Crippen LogP contribution < -0.4 is 0 Å². The molecule has 0 saturated carbocycles. The normalized spacial score (nSPS) is 10.6. The van der Waals surface area contributed by atoms with Gasteiger partial charge in [0.25, 0.3) is 0 Å². The minimum Gasteiger partial charge on any atom is -0.305 e. The molecular formula is C13H26N2S. The van der Waals surface area contributed by atoms with Crippen LogP contribution in [0.15, 0.2) is 0 Å². The first kappa shape index (κ1) is 15.8. The molecule has 0 bridgehead atoms. The number of thiol groups is 1. The van der Waals surface area contributed by atoms with Gasteiger partial charge in [-0.15, -0.1) is 0 Å². The van der Waals surface area contributed by atoms with Crippen molar-refractivity contribution in [3.05, 3.63) is 0 Å². The maximum atomic E-state index is 8.45. The molecule has 0 saturated heterocycles. The molecule has 0 rings (SSSR count). The lowest BCUT2D eigenvalue weighted by Crippen LogP contribution is -2.20. The average Bonchev–Trinajstić information content (AvgIpc) is 2.30. The summed E-state index contributed by atoms with van der Waals surface area (Å²) in [5, 5.41) is 8.45. The zero-order chi connectivity index (χ0) is 12.1. The van der Waals surface area contributed by atoms with E-state index in [1.54, 1.807) is 0 Å². The van der Waals surface area contributed by atoms with E-state index in [1.165, 1.54) is 44.9 Å². The van der Waals surface area contributed by atoms with Crippen molar-refractivity contribution in [3.63, 3.8) is 0 Å². The second kappa shape index (κ2) is 12.9. The van der Waals surface area contributed by atoms with Crippen molar-refractivity contribution in [2.75, 3.05) is 25.9 Å². The van der Waals surface area contributed by atoms with Crippen LogP contribution in [0.1, 0.15) is 51.4 Å². The van der Waals surface area contributed by atoms with Gasteiger partial charge in [0.05, 0.1) is 6.07 Å². The second-order valence-electron chi connectivity index (χ2n) is 4.41. The van der Waals surface area contributed by atoms with E-state index in [0.29, 0.717) is 6.42 Å². The standard InChI is InChI=1S/C13H26N2S/c1-15(12-9-10-14)11-7-5-3-2-4-6-8-13-16/h16H,2-9,11-13H2,1H3. The highest BCUT2D eigenvalue weighted by molar-refractivity contribution is 7.80. The molecule has 0 fully saturated rings. The summed E-state index contributed by atoms with van der Waals surface area (Å²) in [7, 11) is 2.10. The summed E-state index contributed by atoms with van der Waals surface area (Å²) in [4.78, 5) is 2.25. The molecular weight excluding hydrogens is 216 g/mol. The minimum absolute atomic E-state index is 0.653. The maximum absolute atomic E-state index is 8.45. The Balaban J connectivity index is 3.06. The topological polar surface area (TPSA) is 27.0 Å². The lowest BCUT2D eigenvalue weighted by Gasteiger charge is -2.14. The molecule has 0 N–H and O–H groups in total. The lowest BCUT2D eigenvalue weighted by atomic mass is 10.1. The van der Waals surface area contributed by atoms with Crippen LogP contribution in [0.5, 0.6) is 0 Å². The summed E-state index contributed by atoms with van der Waals surface area (Å²) < 4.78 is 0. The van der Waals surface area contributed by atoms with E-state index in [2.05, 4.69) is 30.6 Å². The van der Waals surface area contributed by atoms with E-state index < -0.39 is 0 Å². The zero-order valence-corrected chi connectivity index (χ0v) is 11.5. The van der Waals surface area contributed by atoms with Crippen LogP contribution in [-0.4, -0.2) is 30.8 Å². The third-order valence-corrected chi connectivity index (χ3v) is 3.12. The largest absolute Gasteiger partial charge is 0.305 e. The van der Waals surface area contributed by atoms with Gasteiger partial charge in [-0.3, -0.25) is 0 Å². The summed E-state index contributed by atoms with van der Waals surface area (Å²) in [5.74, 6) is 1.03. The highest BCUT2D eigenvalue weighted by atomic mass is 32.1. The summed E-state index contributed by atoms with van der Waals surface area (Å²) in [6, 6.07) is 2.18. The van der Waals surface area contributed by atoms with Gasteiger partial charge in [0.15, 0.2) is 0 Å². The fraction of sp³-hybridized carbons (Fsp3) is 0.923. The molecule has 16 heavy (non-hydrogen) atoms. The molecule has 2 nitrogen and oxygen atoms in total. The number of hydrogen-bond acceptors (Lipinski definition) is 3. The Kier molecular flexibility index (Phi) is 12.7. The lowest BCUT2D eigenvalue weighted by molar-refractivity contribution is 0.331. The van der Waals surface area contributed by atoms with E-state index in [9.17, 15) is 0 Å². The Labute approximate surface area is 106 Å². The molecule has 0 atom stereocenters. The van der Waals surface area contributed by atoms with Gasteiger partial charge in [0, 0.05) is 13.0 Å². The van der Waals surface area contributed by atoms with E-state index in [4.69, 9.17) is 5.26 Å². The molecule has 0 amide bonds. The number of unbranched alkanes of at least 4 members (excludes halogenated alkanes) is 6. The van der Waals surface area contributed by atoms with Crippen LogP contribution >= 0.6 is 12.6 Å². The molecule has 0 heterocycles. The quantitative estimate of drug-likeness (QED) is 0.443. The molecule has 0 aromatic heterocycles. The Bertz CT molecular complexity index is 177. The van der Waals surface area contributed by atoms with Crippen LogP contribution in [0.3, 0.4) is 0 Å². The maximum Gasteiger partial charge on any atom is 0.0635 e. The molecule has 0 radical (unpaired) electrons. The molecule has 3 heteroatoms. The summed E-state index contributed by atoms with van der Waals surface area (Å²) >= 11 is 4.20. The highest BCUT2D eigenvalue weighted by Crippen LogP contribution is 2.07. The first-order chi connectivity index (χ1) is 7.81. The van der Waals surface area contributed by atoms with Gasteiger partial charge in [-0.1, -0.05) is 32.1 Å². The first-order valence-electron chi connectivity index (χ1n) is 6.47. The molecule has 0 aliphatic rings. The van der Waals surface area contributed by atoms with Crippen molar-refractivity contribution in [3.8, 4) is 6.07 Å². The highest BCUT2D eigenvalue weighted by Gasteiger charge is 1.97. The fourth-order valence-corrected chi connectivity index (χ4v) is 1.95. The zero-order valence-electron chi connectivity index (χ0n) is 10.6. The van der Waals surface area contributed by atoms with E-state index in [0.717, 1.165) is 18.8 Å². The Hall–Kier alpha value is -0.200. The first-order valence-corrected chi connectivity index (χ1v) is 7.11. The SMILES string of the molecule is CN(CCC#N)CCCCCCCCCS. The van der Waals surface area contributed by atoms with Crippen molar-refractivity contribution in [1.29, 1.82) is 5.26 Å². The van der Waals surface area contributed by atoms with Gasteiger partial charge >= 0.3 is 0 Å². The van der Waals surface area contributed by atoms with Crippen LogP contribution in [0.2, 0.25) is 0 Å². The molecule has 0 spiro atoms. The number of nitriles is 1. The number of rotatable bonds is 11. The Morgan fingerprint density at radius 2 is 1.50 bits per heavy atom. The van der Waals surface area contributed by atoms with Gasteiger partial charge < -0.3 is 4.90 Å².